The lowest BCUT2D eigenvalue weighted by molar-refractivity contribution is -0.122. The van der Waals surface area contributed by atoms with E-state index in [4.69, 9.17) is 4.74 Å². The first kappa shape index (κ1) is 15.8. The summed E-state index contributed by atoms with van der Waals surface area (Å²) in [6.45, 7) is 6.26. The van der Waals surface area contributed by atoms with Gasteiger partial charge in [0.15, 0.2) is 0 Å². The first-order chi connectivity index (χ1) is 9.60. The Balaban J connectivity index is 1.71. The van der Waals surface area contributed by atoms with Gasteiger partial charge in [0.05, 0.1) is 12.1 Å². The van der Waals surface area contributed by atoms with Gasteiger partial charge in [0.25, 0.3) is 0 Å². The van der Waals surface area contributed by atoms with E-state index in [9.17, 15) is 4.79 Å². The maximum atomic E-state index is 11.8. The van der Waals surface area contributed by atoms with Crippen LogP contribution in [-0.4, -0.2) is 37.2 Å². The summed E-state index contributed by atoms with van der Waals surface area (Å²) in [5.41, 5.74) is 0.114. The van der Waals surface area contributed by atoms with Gasteiger partial charge < -0.3 is 15.4 Å². The Morgan fingerprint density at radius 1 is 1.30 bits per heavy atom. The Labute approximate surface area is 123 Å². The molecule has 0 aromatic carbocycles. The van der Waals surface area contributed by atoms with E-state index in [-0.39, 0.29) is 11.5 Å². The monoisotopic (exact) mass is 282 g/mol. The Bertz CT molecular complexity index is 306. The van der Waals surface area contributed by atoms with Gasteiger partial charge in [-0.3, -0.25) is 4.79 Å². The second kappa shape index (κ2) is 7.41. The van der Waals surface area contributed by atoms with E-state index < -0.39 is 0 Å². The molecule has 0 radical (unpaired) electrons. The molecule has 0 bridgehead atoms. The summed E-state index contributed by atoms with van der Waals surface area (Å²) < 4.78 is 6.08. The minimum absolute atomic E-state index is 0.114. The summed E-state index contributed by atoms with van der Waals surface area (Å²) in [7, 11) is 0. The lowest BCUT2D eigenvalue weighted by Crippen LogP contribution is -2.50. The molecule has 2 rings (SSSR count). The molecule has 0 aromatic heterocycles. The summed E-state index contributed by atoms with van der Waals surface area (Å²) in [5, 5.41) is 6.38. The van der Waals surface area contributed by atoms with E-state index in [1.54, 1.807) is 0 Å². The van der Waals surface area contributed by atoms with Gasteiger partial charge in [-0.25, -0.2) is 0 Å². The number of carbonyl (C=O) groups excluding carboxylic acids is 1. The number of nitrogens with one attached hydrogen (secondary N) is 2. The highest BCUT2D eigenvalue weighted by atomic mass is 16.5. The van der Waals surface area contributed by atoms with Gasteiger partial charge in [0, 0.05) is 19.2 Å². The predicted molar refractivity (Wildman–Crippen MR) is 80.6 cm³/mol. The third-order valence-corrected chi connectivity index (χ3v) is 4.52. The summed E-state index contributed by atoms with van der Waals surface area (Å²) in [6.07, 6.45) is 8.43. The Hall–Kier alpha value is -0.610. The largest absolute Gasteiger partial charge is 0.375 e. The SMILES string of the molecule is CC(C)CNC(=O)CNC1CCOC2(CCCCC2)C1. The van der Waals surface area contributed by atoms with Crippen molar-refractivity contribution < 1.29 is 9.53 Å². The molecule has 2 N–H and O–H groups in total. The van der Waals surface area contributed by atoms with Crippen molar-refractivity contribution in [3.05, 3.63) is 0 Å². The first-order valence-electron chi connectivity index (χ1n) is 8.24. The molecule has 2 fully saturated rings. The van der Waals surface area contributed by atoms with Crippen molar-refractivity contribution in [3.63, 3.8) is 0 Å². The first-order valence-corrected chi connectivity index (χ1v) is 8.24. The van der Waals surface area contributed by atoms with Crippen LogP contribution in [0.25, 0.3) is 0 Å². The van der Waals surface area contributed by atoms with Crippen LogP contribution in [-0.2, 0) is 9.53 Å². The number of rotatable bonds is 5. The standard InChI is InChI=1S/C16H30N2O2/c1-13(2)11-18-15(19)12-17-14-6-9-20-16(10-14)7-4-3-5-8-16/h13-14,17H,3-12H2,1-2H3,(H,18,19). The molecule has 1 saturated carbocycles. The van der Waals surface area contributed by atoms with Crippen molar-refractivity contribution in [2.24, 2.45) is 5.92 Å². The van der Waals surface area contributed by atoms with Gasteiger partial charge in [0.2, 0.25) is 5.91 Å². The molecule has 1 aliphatic carbocycles. The van der Waals surface area contributed by atoms with Gasteiger partial charge in [-0.15, -0.1) is 0 Å². The second-order valence-electron chi connectivity index (χ2n) is 6.86. The van der Waals surface area contributed by atoms with Crippen LogP contribution in [0, 0.1) is 5.92 Å². The minimum Gasteiger partial charge on any atom is -0.375 e. The molecular formula is C16H30N2O2. The van der Waals surface area contributed by atoms with Crippen molar-refractivity contribution >= 4 is 5.91 Å². The molecule has 116 valence electrons. The van der Waals surface area contributed by atoms with E-state index >= 15 is 0 Å². The minimum atomic E-state index is 0.114. The van der Waals surface area contributed by atoms with Crippen LogP contribution >= 0.6 is 0 Å². The molecule has 1 aliphatic heterocycles. The highest BCUT2D eigenvalue weighted by Crippen LogP contribution is 2.38. The normalized spacial score (nSPS) is 25.9. The molecule has 2 aliphatic rings. The number of carbonyl (C=O) groups is 1. The van der Waals surface area contributed by atoms with Crippen molar-refractivity contribution in [2.75, 3.05) is 19.7 Å². The van der Waals surface area contributed by atoms with Crippen LogP contribution in [0.15, 0.2) is 0 Å². The molecule has 4 heteroatoms. The van der Waals surface area contributed by atoms with Crippen LogP contribution in [0.3, 0.4) is 0 Å². The number of amides is 1. The highest BCUT2D eigenvalue weighted by Gasteiger charge is 2.38. The van der Waals surface area contributed by atoms with Crippen molar-refractivity contribution in [3.8, 4) is 0 Å². The van der Waals surface area contributed by atoms with E-state index in [0.29, 0.717) is 18.5 Å². The lowest BCUT2D eigenvalue weighted by atomic mass is 9.78. The number of hydrogen-bond acceptors (Lipinski definition) is 3. The molecule has 0 aromatic rings. The zero-order valence-corrected chi connectivity index (χ0v) is 13.0. The van der Waals surface area contributed by atoms with Gasteiger partial charge in [-0.05, 0) is 31.6 Å². The van der Waals surface area contributed by atoms with E-state index in [1.807, 2.05) is 0 Å². The average Bonchev–Trinajstić information content (AvgIpc) is 2.44. The van der Waals surface area contributed by atoms with Crippen LogP contribution < -0.4 is 10.6 Å². The quantitative estimate of drug-likeness (QED) is 0.813. The molecule has 20 heavy (non-hydrogen) atoms. The summed E-state index contributed by atoms with van der Waals surface area (Å²) in [4.78, 5) is 11.8. The molecule has 4 nitrogen and oxygen atoms in total. The molecular weight excluding hydrogens is 252 g/mol. The van der Waals surface area contributed by atoms with Crippen molar-refractivity contribution in [1.29, 1.82) is 0 Å². The van der Waals surface area contributed by atoms with Gasteiger partial charge in [-0.1, -0.05) is 33.1 Å². The molecule has 1 saturated heterocycles. The molecule has 1 unspecified atom stereocenters. The van der Waals surface area contributed by atoms with Crippen molar-refractivity contribution in [1.82, 2.24) is 10.6 Å². The maximum Gasteiger partial charge on any atom is 0.233 e. The van der Waals surface area contributed by atoms with Crippen LogP contribution in [0.5, 0.6) is 0 Å². The molecule has 1 heterocycles. The fourth-order valence-electron chi connectivity index (χ4n) is 3.36. The Morgan fingerprint density at radius 3 is 2.75 bits per heavy atom. The highest BCUT2D eigenvalue weighted by molar-refractivity contribution is 5.77. The third-order valence-electron chi connectivity index (χ3n) is 4.52. The lowest BCUT2D eigenvalue weighted by Gasteiger charge is -2.43. The zero-order chi connectivity index (χ0) is 14.4. The van der Waals surface area contributed by atoms with Crippen LogP contribution in [0.1, 0.15) is 58.8 Å². The topological polar surface area (TPSA) is 50.4 Å². The third kappa shape index (κ3) is 4.74. The zero-order valence-electron chi connectivity index (χ0n) is 13.0. The number of hydrogen-bond donors (Lipinski definition) is 2. The molecule has 1 spiro atoms. The smallest absolute Gasteiger partial charge is 0.233 e. The average molecular weight is 282 g/mol. The van der Waals surface area contributed by atoms with E-state index in [0.717, 1.165) is 26.0 Å². The Morgan fingerprint density at radius 2 is 2.05 bits per heavy atom. The van der Waals surface area contributed by atoms with Gasteiger partial charge in [-0.2, -0.15) is 0 Å². The van der Waals surface area contributed by atoms with Crippen LogP contribution in [0.4, 0.5) is 0 Å². The maximum absolute atomic E-state index is 11.8. The fourth-order valence-corrected chi connectivity index (χ4v) is 3.36. The van der Waals surface area contributed by atoms with Crippen LogP contribution in [0.2, 0.25) is 0 Å². The summed E-state index contributed by atoms with van der Waals surface area (Å²) in [6, 6.07) is 0.437. The number of ether oxygens (including phenoxy) is 1. The van der Waals surface area contributed by atoms with E-state index in [2.05, 4.69) is 24.5 Å². The van der Waals surface area contributed by atoms with E-state index in [1.165, 1.54) is 32.1 Å². The fraction of sp³-hybridized carbons (Fsp3) is 0.938. The second-order valence-corrected chi connectivity index (χ2v) is 6.86. The van der Waals surface area contributed by atoms with Gasteiger partial charge >= 0.3 is 0 Å². The Kier molecular flexibility index (Phi) is 5.85. The summed E-state index contributed by atoms with van der Waals surface area (Å²) >= 11 is 0. The molecule has 1 amide bonds. The predicted octanol–water partition coefficient (Wildman–Crippen LogP) is 2.23. The van der Waals surface area contributed by atoms with Crippen molar-refractivity contribution in [2.45, 2.75) is 70.4 Å². The summed E-state index contributed by atoms with van der Waals surface area (Å²) in [5.74, 6) is 0.621. The molecule has 1 atom stereocenters. The van der Waals surface area contributed by atoms with Gasteiger partial charge in [0.1, 0.15) is 0 Å².